The van der Waals surface area contributed by atoms with Crippen LogP contribution in [-0.4, -0.2) is 71.3 Å². The van der Waals surface area contributed by atoms with Crippen LogP contribution < -0.4 is 9.80 Å². The number of rotatable bonds is 10. The molecule has 1 aromatic heterocycles. The third kappa shape index (κ3) is 6.28. The second-order valence-electron chi connectivity index (χ2n) is 15.3. The molecule has 3 fully saturated rings. The molecule has 4 aromatic rings. The van der Waals surface area contributed by atoms with Crippen molar-refractivity contribution in [2.45, 2.75) is 90.0 Å². The number of aromatic nitrogens is 1. The Kier molecular flexibility index (Phi) is 8.97. The quantitative estimate of drug-likeness (QED) is 0.0944. The maximum absolute atomic E-state index is 13.5. The highest BCUT2D eigenvalue weighted by Crippen LogP contribution is 2.50. The summed E-state index contributed by atoms with van der Waals surface area (Å²) in [5, 5.41) is 4.19. The first-order chi connectivity index (χ1) is 26.0. The molecule has 276 valence electrons. The first-order valence-corrected chi connectivity index (χ1v) is 18.7. The number of Topliss-reactive ketones (excluding diaryl/α,β-unsaturated/α-hetero) is 2. The average Bonchev–Trinajstić information content (AvgIpc) is 3.61. The van der Waals surface area contributed by atoms with Crippen LogP contribution in [0.4, 0.5) is 17.1 Å². The number of ether oxygens (including phenoxy) is 1. The fourth-order valence-electron chi connectivity index (χ4n) is 8.39. The summed E-state index contributed by atoms with van der Waals surface area (Å²) in [4.78, 5) is 60.6. The van der Waals surface area contributed by atoms with Gasteiger partial charge in [-0.15, -0.1) is 0 Å². The summed E-state index contributed by atoms with van der Waals surface area (Å²) in [7, 11) is 0. The summed E-state index contributed by atoms with van der Waals surface area (Å²) < 4.78 is 12.2. The Balaban J connectivity index is 0.995. The topological polar surface area (TPSA) is 118 Å². The van der Waals surface area contributed by atoms with E-state index in [9.17, 15) is 19.2 Å². The third-order valence-corrected chi connectivity index (χ3v) is 11.5. The number of hydrogen-bond acceptors (Lipinski definition) is 9. The van der Waals surface area contributed by atoms with Gasteiger partial charge in [0.25, 0.3) is 17.4 Å². The van der Waals surface area contributed by atoms with E-state index in [1.54, 1.807) is 12.1 Å². The van der Waals surface area contributed by atoms with Crippen molar-refractivity contribution in [2.24, 2.45) is 0 Å². The summed E-state index contributed by atoms with van der Waals surface area (Å²) in [5.74, 6) is -0.716. The minimum absolute atomic E-state index is 0.0631. The van der Waals surface area contributed by atoms with Crippen LogP contribution in [0, 0.1) is 27.3 Å². The number of amides is 2. The molecule has 11 nitrogen and oxygen atoms in total. The molecule has 54 heavy (non-hydrogen) atoms. The lowest BCUT2D eigenvalue weighted by molar-refractivity contribution is -0.132. The molecule has 3 heterocycles. The second-order valence-corrected chi connectivity index (χ2v) is 15.3. The van der Waals surface area contributed by atoms with Gasteiger partial charge >= 0.3 is 0 Å². The molecule has 3 aromatic carbocycles. The molecule has 1 saturated heterocycles. The van der Waals surface area contributed by atoms with Crippen LogP contribution in [0.25, 0.3) is 16.0 Å². The molecule has 4 aliphatic rings. The summed E-state index contributed by atoms with van der Waals surface area (Å²) in [6.45, 7) is 17.7. The van der Waals surface area contributed by atoms with E-state index in [-0.39, 0.29) is 54.1 Å². The number of imide groups is 1. The van der Waals surface area contributed by atoms with E-state index in [4.69, 9.17) is 15.8 Å². The molecule has 2 aliphatic heterocycles. The second kappa shape index (κ2) is 13.7. The fraction of sp³-hybridized carbons (Fsp3) is 0.395. The first kappa shape index (κ1) is 35.4. The molecule has 0 spiro atoms. The molecule has 2 aliphatic carbocycles. The zero-order valence-corrected chi connectivity index (χ0v) is 31.1. The lowest BCUT2D eigenvalue weighted by atomic mass is 9.92. The van der Waals surface area contributed by atoms with Crippen molar-refractivity contribution in [3.05, 3.63) is 106 Å². The number of carbonyl (C=O) groups is 4. The normalized spacial score (nSPS) is 21.0. The fourth-order valence-corrected chi connectivity index (χ4v) is 8.39. The average molecular weight is 726 g/mol. The Morgan fingerprint density at radius 3 is 2.43 bits per heavy atom. The van der Waals surface area contributed by atoms with Crippen LogP contribution in [0.3, 0.4) is 0 Å². The number of aryl methyl sites for hydroxylation is 3. The molecule has 2 unspecified atom stereocenters. The summed E-state index contributed by atoms with van der Waals surface area (Å²) in [6.07, 6.45) is 2.48. The van der Waals surface area contributed by atoms with Crippen molar-refractivity contribution >= 4 is 40.4 Å². The Bertz CT molecular complexity index is 2210. The van der Waals surface area contributed by atoms with Crippen molar-refractivity contribution in [1.82, 2.24) is 10.1 Å². The van der Waals surface area contributed by atoms with Gasteiger partial charge in [-0.25, -0.2) is 6.57 Å². The minimum Gasteiger partial charge on any atom is -0.372 e. The predicted octanol–water partition coefficient (Wildman–Crippen LogP) is 7.28. The number of hydrogen-bond donors (Lipinski definition) is 0. The lowest BCUT2D eigenvalue weighted by Gasteiger charge is -2.31. The molecule has 0 radical (unpaired) electrons. The van der Waals surface area contributed by atoms with Gasteiger partial charge in [0.15, 0.2) is 5.78 Å². The number of nitrogens with zero attached hydrogens (tertiary/aromatic N) is 5. The smallest absolute Gasteiger partial charge is 0.262 e. The number of benzene rings is 3. The van der Waals surface area contributed by atoms with Gasteiger partial charge in [0, 0.05) is 67.1 Å². The van der Waals surface area contributed by atoms with Gasteiger partial charge in [-0.1, -0.05) is 17.3 Å². The number of anilines is 3. The lowest BCUT2D eigenvalue weighted by Crippen LogP contribution is -2.47. The van der Waals surface area contributed by atoms with Gasteiger partial charge in [0.05, 0.1) is 41.5 Å². The highest BCUT2D eigenvalue weighted by Gasteiger charge is 2.52. The molecule has 11 heteroatoms. The van der Waals surface area contributed by atoms with Gasteiger partial charge in [0.2, 0.25) is 0 Å². The summed E-state index contributed by atoms with van der Waals surface area (Å²) in [5.41, 5.74) is 8.08. The Morgan fingerprint density at radius 1 is 0.981 bits per heavy atom. The largest absolute Gasteiger partial charge is 0.372 e. The van der Waals surface area contributed by atoms with Crippen molar-refractivity contribution in [3.8, 4) is 11.1 Å². The molecule has 2 amide bonds. The molecule has 0 bridgehead atoms. The van der Waals surface area contributed by atoms with Crippen LogP contribution in [-0.2, 0) is 19.9 Å². The standard InChI is InChI=1S/C43H43N5O6/c1-25-6-7-29(40-27(3)45-54-28(40)4)20-38(25)47(31-10-8-30(9-11-31)43(44-5)17-18-43)23-26(2)53-34-16-19-46(24-34)32-12-14-35-36(21-32)42(52)48(41(35)51)37-15-13-33(49)22-39(37)50/h6-12,14,20-21,26,34,37H,13,15-19,22-24H2,1-4H3/t26?,34-,37?/m0/s1. The van der Waals surface area contributed by atoms with Gasteiger partial charge < -0.3 is 23.9 Å². The van der Waals surface area contributed by atoms with Gasteiger partial charge in [-0.2, -0.15) is 0 Å². The highest BCUT2D eigenvalue weighted by atomic mass is 16.5. The molecular weight excluding hydrogens is 683 g/mol. The van der Waals surface area contributed by atoms with Gasteiger partial charge in [0.1, 0.15) is 11.5 Å². The van der Waals surface area contributed by atoms with Crippen molar-refractivity contribution in [1.29, 1.82) is 0 Å². The maximum Gasteiger partial charge on any atom is 0.262 e. The number of ketones is 2. The van der Waals surface area contributed by atoms with Crippen LogP contribution in [0.15, 0.2) is 65.2 Å². The van der Waals surface area contributed by atoms with E-state index in [2.05, 4.69) is 76.1 Å². The summed E-state index contributed by atoms with van der Waals surface area (Å²) in [6, 6.07) is 19.2. The van der Waals surface area contributed by atoms with Crippen LogP contribution >= 0.6 is 0 Å². The zero-order valence-electron chi connectivity index (χ0n) is 31.1. The zero-order chi connectivity index (χ0) is 37.9. The molecule has 3 atom stereocenters. The number of carbonyl (C=O) groups excluding carboxylic acids is 4. The van der Waals surface area contributed by atoms with E-state index in [0.29, 0.717) is 18.7 Å². The minimum atomic E-state index is -0.891. The van der Waals surface area contributed by atoms with Crippen LogP contribution in [0.5, 0.6) is 0 Å². The monoisotopic (exact) mass is 725 g/mol. The van der Waals surface area contributed by atoms with Crippen LogP contribution in [0.1, 0.15) is 88.7 Å². The Morgan fingerprint density at radius 2 is 1.74 bits per heavy atom. The van der Waals surface area contributed by atoms with Crippen molar-refractivity contribution < 1.29 is 28.4 Å². The maximum atomic E-state index is 13.5. The highest BCUT2D eigenvalue weighted by molar-refractivity contribution is 6.24. The van der Waals surface area contributed by atoms with Crippen LogP contribution in [0.2, 0.25) is 0 Å². The number of fused-ring (bicyclic) bond motifs is 1. The molecule has 2 saturated carbocycles. The van der Waals surface area contributed by atoms with E-state index >= 15 is 0 Å². The van der Waals surface area contributed by atoms with E-state index < -0.39 is 17.9 Å². The van der Waals surface area contributed by atoms with E-state index in [0.717, 1.165) is 81.5 Å². The van der Waals surface area contributed by atoms with Crippen molar-refractivity contribution in [3.63, 3.8) is 0 Å². The Hall–Kier alpha value is -5.60. The first-order valence-electron chi connectivity index (χ1n) is 18.7. The predicted molar refractivity (Wildman–Crippen MR) is 203 cm³/mol. The summed E-state index contributed by atoms with van der Waals surface area (Å²) >= 11 is 0. The van der Waals surface area contributed by atoms with Gasteiger partial charge in [-0.05, 0) is 100 Å². The third-order valence-electron chi connectivity index (χ3n) is 11.5. The molecule has 0 N–H and O–H groups in total. The SMILES string of the molecule is [C-]#[N+]C1(c2ccc(N(CC(C)O[C@H]3CCN(c4ccc5c(c4)C(=O)N(C4CCC(=O)CC4=O)C5=O)C3)c3cc(-c4c(C)noc4C)ccc3C)cc2)CC1. The molecule has 8 rings (SSSR count). The van der Waals surface area contributed by atoms with E-state index in [1.807, 2.05) is 19.9 Å². The van der Waals surface area contributed by atoms with Crippen molar-refractivity contribution in [2.75, 3.05) is 29.4 Å². The molecular formula is C43H43N5O6. The van der Waals surface area contributed by atoms with Gasteiger partial charge in [-0.3, -0.25) is 24.1 Å². The Labute approximate surface area is 314 Å². The van der Waals surface area contributed by atoms with E-state index in [1.165, 1.54) is 0 Å².